The second kappa shape index (κ2) is 2.25. The average molecular weight is 192 g/mol. The lowest BCUT2D eigenvalue weighted by molar-refractivity contribution is -0.138. The van der Waals surface area contributed by atoms with Crippen LogP contribution in [0.2, 0.25) is 0 Å². The van der Waals surface area contributed by atoms with E-state index in [0.717, 1.165) is 18.3 Å². The lowest BCUT2D eigenvalue weighted by Crippen LogP contribution is -2.46. The lowest BCUT2D eigenvalue weighted by atomic mass is 9.56. The Morgan fingerprint density at radius 1 is 1.36 bits per heavy atom. The summed E-state index contributed by atoms with van der Waals surface area (Å²) in [5.74, 6) is 2.73. The molecule has 0 saturated heterocycles. The van der Waals surface area contributed by atoms with Gasteiger partial charge in [-0.05, 0) is 42.4 Å². The molecule has 3 rings (SSSR count). The van der Waals surface area contributed by atoms with Gasteiger partial charge in [0.15, 0.2) is 0 Å². The molecule has 0 N–H and O–H groups in total. The van der Waals surface area contributed by atoms with E-state index in [0.29, 0.717) is 17.1 Å². The van der Waals surface area contributed by atoms with E-state index in [1.807, 2.05) is 0 Å². The molecule has 0 amide bonds. The van der Waals surface area contributed by atoms with Crippen molar-refractivity contribution in [2.45, 2.75) is 46.5 Å². The number of rotatable bonds is 0. The van der Waals surface area contributed by atoms with E-state index in [9.17, 15) is 4.79 Å². The molecule has 5 atom stereocenters. The van der Waals surface area contributed by atoms with Gasteiger partial charge in [-0.25, -0.2) is 0 Å². The Kier molecular flexibility index (Phi) is 1.44. The lowest BCUT2D eigenvalue weighted by Gasteiger charge is -2.47. The van der Waals surface area contributed by atoms with E-state index in [4.69, 9.17) is 0 Å². The van der Waals surface area contributed by atoms with Gasteiger partial charge in [0.1, 0.15) is 5.78 Å². The highest BCUT2D eigenvalue weighted by atomic mass is 16.1. The fourth-order valence-corrected chi connectivity index (χ4v) is 4.65. The Bertz CT molecular complexity index is 308. The van der Waals surface area contributed by atoms with Crippen LogP contribution in [0.15, 0.2) is 0 Å². The summed E-state index contributed by atoms with van der Waals surface area (Å²) in [5.41, 5.74) is 0.519. The van der Waals surface area contributed by atoms with E-state index in [2.05, 4.69) is 20.8 Å². The van der Waals surface area contributed by atoms with Gasteiger partial charge in [0, 0.05) is 11.8 Å². The van der Waals surface area contributed by atoms with Crippen molar-refractivity contribution in [2.24, 2.45) is 28.6 Å². The molecule has 0 radical (unpaired) electrons. The van der Waals surface area contributed by atoms with Gasteiger partial charge in [0.2, 0.25) is 0 Å². The van der Waals surface area contributed by atoms with E-state index in [1.165, 1.54) is 19.3 Å². The first-order chi connectivity index (χ1) is 6.52. The smallest absolute Gasteiger partial charge is 0.140 e. The van der Waals surface area contributed by atoms with Crippen LogP contribution in [0.4, 0.5) is 0 Å². The summed E-state index contributed by atoms with van der Waals surface area (Å²) in [6.45, 7) is 7.02. The molecule has 1 heteroatoms. The number of hydrogen-bond acceptors (Lipinski definition) is 1. The molecule has 0 aliphatic heterocycles. The highest BCUT2D eigenvalue weighted by molar-refractivity contribution is 5.90. The molecule has 3 aliphatic carbocycles. The molecule has 0 aromatic carbocycles. The maximum Gasteiger partial charge on any atom is 0.140 e. The van der Waals surface area contributed by atoms with Gasteiger partial charge in [-0.2, -0.15) is 0 Å². The van der Waals surface area contributed by atoms with Gasteiger partial charge < -0.3 is 0 Å². The Labute approximate surface area is 86.3 Å². The molecule has 3 fully saturated rings. The normalized spacial score (nSPS) is 60.8. The standard InChI is InChI=1S/C13H20O/c1-8-6-11(14)13-7-10(13)4-5-12(13,3)9(8)2/h8-10H,4-7H2,1-3H3/t8?,9?,10-,12-,13?/m1/s1. The van der Waals surface area contributed by atoms with Crippen LogP contribution >= 0.6 is 0 Å². The van der Waals surface area contributed by atoms with Crippen molar-refractivity contribution in [3.63, 3.8) is 0 Å². The summed E-state index contributed by atoms with van der Waals surface area (Å²) in [6, 6.07) is 0. The summed E-state index contributed by atoms with van der Waals surface area (Å²) < 4.78 is 0. The first kappa shape index (κ1) is 8.94. The third-order valence-corrected chi connectivity index (χ3v) is 6.00. The molecular weight excluding hydrogens is 172 g/mol. The van der Waals surface area contributed by atoms with Crippen molar-refractivity contribution in [1.82, 2.24) is 0 Å². The van der Waals surface area contributed by atoms with Crippen LogP contribution in [-0.4, -0.2) is 5.78 Å². The predicted octanol–water partition coefficient (Wildman–Crippen LogP) is 3.04. The van der Waals surface area contributed by atoms with Gasteiger partial charge in [-0.1, -0.05) is 20.8 Å². The molecule has 3 unspecified atom stereocenters. The molecule has 0 aromatic rings. The zero-order chi connectivity index (χ0) is 10.1. The topological polar surface area (TPSA) is 17.1 Å². The van der Waals surface area contributed by atoms with Gasteiger partial charge in [-0.15, -0.1) is 0 Å². The first-order valence-corrected chi connectivity index (χ1v) is 6.05. The number of hydrogen-bond donors (Lipinski definition) is 0. The van der Waals surface area contributed by atoms with E-state index >= 15 is 0 Å². The average Bonchev–Trinajstić information content (AvgIpc) is 2.80. The minimum absolute atomic E-state index is 0.166. The maximum atomic E-state index is 12.2. The fourth-order valence-electron chi connectivity index (χ4n) is 4.65. The monoisotopic (exact) mass is 192 g/mol. The number of carbonyl (C=O) groups is 1. The number of ketones is 1. The van der Waals surface area contributed by atoms with Crippen LogP contribution in [-0.2, 0) is 4.79 Å². The molecule has 14 heavy (non-hydrogen) atoms. The molecule has 78 valence electrons. The quantitative estimate of drug-likeness (QED) is 0.576. The molecule has 0 bridgehead atoms. The largest absolute Gasteiger partial charge is 0.299 e. The zero-order valence-corrected chi connectivity index (χ0v) is 9.47. The highest BCUT2D eigenvalue weighted by Crippen LogP contribution is 2.77. The summed E-state index contributed by atoms with van der Waals surface area (Å²) in [7, 11) is 0. The van der Waals surface area contributed by atoms with Crippen molar-refractivity contribution in [2.75, 3.05) is 0 Å². The van der Waals surface area contributed by atoms with Crippen LogP contribution in [0.5, 0.6) is 0 Å². The summed E-state index contributed by atoms with van der Waals surface area (Å²) in [4.78, 5) is 12.2. The minimum atomic E-state index is 0.166. The minimum Gasteiger partial charge on any atom is -0.299 e. The Balaban J connectivity index is 2.07. The third-order valence-electron chi connectivity index (χ3n) is 6.00. The van der Waals surface area contributed by atoms with Crippen LogP contribution in [0.1, 0.15) is 46.5 Å². The van der Waals surface area contributed by atoms with E-state index in [1.54, 1.807) is 0 Å². The van der Waals surface area contributed by atoms with Crippen LogP contribution < -0.4 is 0 Å². The van der Waals surface area contributed by atoms with Crippen molar-refractivity contribution >= 4 is 5.78 Å². The van der Waals surface area contributed by atoms with E-state index < -0.39 is 0 Å². The summed E-state index contributed by atoms with van der Waals surface area (Å²) in [6.07, 6.45) is 4.70. The Morgan fingerprint density at radius 2 is 2.07 bits per heavy atom. The molecule has 3 saturated carbocycles. The predicted molar refractivity (Wildman–Crippen MR) is 55.8 cm³/mol. The zero-order valence-electron chi connectivity index (χ0n) is 9.47. The number of Topliss-reactive ketones (excluding diaryl/α,β-unsaturated/α-hetero) is 1. The summed E-state index contributed by atoms with van der Waals surface area (Å²) >= 11 is 0. The second-order valence-electron chi connectivity index (χ2n) is 6.22. The third kappa shape index (κ3) is 0.697. The van der Waals surface area contributed by atoms with Gasteiger partial charge >= 0.3 is 0 Å². The summed E-state index contributed by atoms with van der Waals surface area (Å²) in [5, 5.41) is 0. The Hall–Kier alpha value is -0.330. The van der Waals surface area contributed by atoms with Crippen LogP contribution in [0.25, 0.3) is 0 Å². The van der Waals surface area contributed by atoms with Crippen LogP contribution in [0.3, 0.4) is 0 Å². The Morgan fingerprint density at radius 3 is 2.71 bits per heavy atom. The molecule has 1 spiro atoms. The van der Waals surface area contributed by atoms with Crippen LogP contribution in [0, 0.1) is 28.6 Å². The highest BCUT2D eigenvalue weighted by Gasteiger charge is 2.75. The van der Waals surface area contributed by atoms with E-state index in [-0.39, 0.29) is 5.41 Å². The SMILES string of the molecule is CC1CC(=O)C23C[C@H]2CC[C@]3(C)C1C. The number of carbonyl (C=O) groups excluding carboxylic acids is 1. The molecule has 1 nitrogen and oxygen atoms in total. The second-order valence-corrected chi connectivity index (χ2v) is 6.22. The molecule has 3 aliphatic rings. The van der Waals surface area contributed by atoms with Crippen molar-refractivity contribution < 1.29 is 4.79 Å². The molecule has 0 aromatic heterocycles. The van der Waals surface area contributed by atoms with Crippen molar-refractivity contribution in [1.29, 1.82) is 0 Å². The molecular formula is C13H20O. The van der Waals surface area contributed by atoms with Crippen molar-refractivity contribution in [3.05, 3.63) is 0 Å². The fraction of sp³-hybridized carbons (Fsp3) is 0.923. The molecule has 0 heterocycles. The first-order valence-electron chi connectivity index (χ1n) is 6.05. The van der Waals surface area contributed by atoms with Gasteiger partial charge in [0.05, 0.1) is 0 Å². The van der Waals surface area contributed by atoms with Gasteiger partial charge in [-0.3, -0.25) is 4.79 Å². The van der Waals surface area contributed by atoms with Gasteiger partial charge in [0.25, 0.3) is 0 Å². The maximum absolute atomic E-state index is 12.2. The van der Waals surface area contributed by atoms with Crippen molar-refractivity contribution in [3.8, 4) is 0 Å².